The lowest BCUT2D eigenvalue weighted by Gasteiger charge is -2.34. The number of hydrogen-bond donors (Lipinski definition) is 0. The number of rotatable bonds is 4. The molecule has 0 atom stereocenters. The molecule has 12 heavy (non-hydrogen) atoms. The number of nitriles is 1. The third kappa shape index (κ3) is 5.20. The molecule has 0 aromatic rings. The van der Waals surface area contributed by atoms with Crippen LogP contribution in [0.15, 0.2) is 0 Å². The first-order chi connectivity index (χ1) is 5.66. The summed E-state index contributed by atoms with van der Waals surface area (Å²) in [5, 5.41) is 7.43. The number of nitrogens with zero attached hydrogens (tertiary/aromatic N) is 2. The van der Waals surface area contributed by atoms with Crippen LogP contribution >= 0.6 is 0 Å². The Kier molecular flexibility index (Phi) is 10.1. The topological polar surface area (TPSA) is 23.8 Å². The van der Waals surface area contributed by atoms with Crippen LogP contribution in [-0.2, 0) is 0 Å². The van der Waals surface area contributed by atoms with Crippen LogP contribution in [0.25, 0.3) is 0 Å². The Balaban J connectivity index is 0. The van der Waals surface area contributed by atoms with Crippen LogP contribution in [-0.4, -0.2) is 38.5 Å². The van der Waals surface area contributed by atoms with Gasteiger partial charge in [-0.15, -0.1) is 0 Å². The second-order valence-corrected chi connectivity index (χ2v) is 2.61. The SMILES string of the molecule is CC[N+](CC)(CC)CC.[BH3-]C#N. The maximum atomic E-state index is 7.43. The van der Waals surface area contributed by atoms with Crippen molar-refractivity contribution in [2.24, 2.45) is 0 Å². The summed E-state index contributed by atoms with van der Waals surface area (Å²) in [6, 6.07) is 0. The molecule has 72 valence electrons. The van der Waals surface area contributed by atoms with Crippen molar-refractivity contribution in [3.8, 4) is 5.97 Å². The summed E-state index contributed by atoms with van der Waals surface area (Å²) in [5.41, 5.74) is 0. The fraction of sp³-hybridized carbons (Fsp3) is 0.889. The third-order valence-corrected chi connectivity index (χ3v) is 2.68. The van der Waals surface area contributed by atoms with Gasteiger partial charge in [0.25, 0.3) is 0 Å². The highest BCUT2D eigenvalue weighted by Crippen LogP contribution is 2.03. The Hall–Kier alpha value is -0.485. The van der Waals surface area contributed by atoms with Crippen molar-refractivity contribution in [3.63, 3.8) is 0 Å². The molecule has 0 aliphatic rings. The Morgan fingerprint density at radius 3 is 1.17 bits per heavy atom. The maximum absolute atomic E-state index is 7.43. The first-order valence-electron chi connectivity index (χ1n) is 4.32. The summed E-state index contributed by atoms with van der Waals surface area (Å²) in [4.78, 5) is 0. The highest BCUT2D eigenvalue weighted by molar-refractivity contribution is 6.20. The normalized spacial score (nSPS) is 9.67. The van der Waals surface area contributed by atoms with E-state index in [2.05, 4.69) is 27.7 Å². The molecule has 0 bridgehead atoms. The van der Waals surface area contributed by atoms with Gasteiger partial charge in [-0.3, -0.25) is 5.26 Å². The fourth-order valence-corrected chi connectivity index (χ4v) is 1.34. The summed E-state index contributed by atoms with van der Waals surface area (Å²) < 4.78 is 1.28. The average Bonchev–Trinajstić information content (AvgIpc) is 2.11. The molecule has 0 aliphatic carbocycles. The van der Waals surface area contributed by atoms with Crippen molar-refractivity contribution in [1.82, 2.24) is 0 Å². The minimum atomic E-state index is 0.0694. The lowest BCUT2D eigenvalue weighted by molar-refractivity contribution is -0.921. The summed E-state index contributed by atoms with van der Waals surface area (Å²) in [6.45, 7) is 14.2. The van der Waals surface area contributed by atoms with Crippen molar-refractivity contribution in [2.75, 3.05) is 26.2 Å². The molecule has 0 amide bonds. The molecule has 0 heterocycles. The summed E-state index contributed by atoms with van der Waals surface area (Å²) in [5.74, 6) is 2.00. The van der Waals surface area contributed by atoms with E-state index in [9.17, 15) is 0 Å². The van der Waals surface area contributed by atoms with E-state index < -0.39 is 0 Å². The Morgan fingerprint density at radius 1 is 1.00 bits per heavy atom. The Morgan fingerprint density at radius 2 is 1.17 bits per heavy atom. The molecule has 3 heteroatoms. The van der Waals surface area contributed by atoms with Gasteiger partial charge in [0.1, 0.15) is 0 Å². The minimum absolute atomic E-state index is 0.0694. The predicted molar refractivity (Wildman–Crippen MR) is 58.0 cm³/mol. The summed E-state index contributed by atoms with van der Waals surface area (Å²) >= 11 is 0. The first-order valence-corrected chi connectivity index (χ1v) is 4.32. The van der Waals surface area contributed by atoms with Gasteiger partial charge in [0, 0.05) is 0 Å². The van der Waals surface area contributed by atoms with Crippen LogP contribution in [0.5, 0.6) is 0 Å². The molecular weight excluding hydrogens is 147 g/mol. The van der Waals surface area contributed by atoms with Crippen molar-refractivity contribution in [1.29, 1.82) is 5.26 Å². The van der Waals surface area contributed by atoms with Gasteiger partial charge in [-0.1, -0.05) is 0 Å². The van der Waals surface area contributed by atoms with Gasteiger partial charge in [0.2, 0.25) is 0 Å². The van der Waals surface area contributed by atoms with Crippen molar-refractivity contribution in [2.45, 2.75) is 27.7 Å². The zero-order valence-corrected chi connectivity index (χ0v) is 8.22. The Labute approximate surface area is 78.2 Å². The summed E-state index contributed by atoms with van der Waals surface area (Å²) in [6.07, 6.45) is 0. The van der Waals surface area contributed by atoms with E-state index in [-0.39, 0.29) is 7.85 Å². The van der Waals surface area contributed by atoms with E-state index in [0.29, 0.717) is 0 Å². The quantitative estimate of drug-likeness (QED) is 0.450. The van der Waals surface area contributed by atoms with Crippen molar-refractivity contribution >= 4 is 7.85 Å². The van der Waals surface area contributed by atoms with Gasteiger partial charge in [-0.25, -0.2) is 0 Å². The molecule has 0 saturated heterocycles. The fourth-order valence-electron chi connectivity index (χ4n) is 1.34. The van der Waals surface area contributed by atoms with Gasteiger partial charge in [0.05, 0.1) is 34.0 Å². The van der Waals surface area contributed by atoms with Crippen molar-refractivity contribution < 1.29 is 4.48 Å². The van der Waals surface area contributed by atoms with Crippen LogP contribution < -0.4 is 0 Å². The van der Waals surface area contributed by atoms with Crippen LogP contribution in [0.3, 0.4) is 0 Å². The number of hydrogen-bond acceptors (Lipinski definition) is 1. The van der Waals surface area contributed by atoms with E-state index >= 15 is 0 Å². The van der Waals surface area contributed by atoms with Crippen LogP contribution in [0.4, 0.5) is 0 Å². The Bertz CT molecular complexity index is 107. The molecule has 0 radical (unpaired) electrons. The molecule has 0 unspecified atom stereocenters. The highest BCUT2D eigenvalue weighted by atomic mass is 15.3. The minimum Gasteiger partial charge on any atom is -0.325 e. The lowest BCUT2D eigenvalue weighted by Crippen LogP contribution is -2.47. The average molecular weight is 170 g/mol. The van der Waals surface area contributed by atoms with E-state index in [1.54, 1.807) is 0 Å². The largest absolute Gasteiger partial charge is 0.325 e. The maximum Gasteiger partial charge on any atom is 0.0757 e. The zero-order chi connectivity index (χ0) is 10.0. The molecule has 0 aromatic heterocycles. The molecule has 0 spiro atoms. The second kappa shape index (κ2) is 8.61. The van der Waals surface area contributed by atoms with E-state index in [1.165, 1.54) is 30.7 Å². The van der Waals surface area contributed by atoms with Crippen LogP contribution in [0.2, 0.25) is 0 Å². The predicted octanol–water partition coefficient (Wildman–Crippen LogP) is 0.716. The second-order valence-electron chi connectivity index (χ2n) is 2.61. The van der Waals surface area contributed by atoms with Gasteiger partial charge in [-0.2, -0.15) is 5.97 Å². The lowest BCUT2D eigenvalue weighted by atomic mass is 10.2. The number of quaternary nitrogens is 1. The molecule has 0 saturated carbocycles. The summed E-state index contributed by atoms with van der Waals surface area (Å²) in [7, 11) is 0.0694. The standard InChI is InChI=1S/C8H20N.CH3BN/c1-5-9(6-2,7-3)8-4;2-1-3/h5-8H2,1-4H3;2H3/q+1;-1. The molecule has 2 nitrogen and oxygen atoms in total. The monoisotopic (exact) mass is 170 g/mol. The molecule has 0 fully saturated rings. The van der Waals surface area contributed by atoms with E-state index in [4.69, 9.17) is 5.26 Å². The van der Waals surface area contributed by atoms with Gasteiger partial charge >= 0.3 is 0 Å². The van der Waals surface area contributed by atoms with Gasteiger partial charge in [-0.05, 0) is 27.7 Å². The van der Waals surface area contributed by atoms with Gasteiger partial charge < -0.3 is 4.48 Å². The molecule has 0 aromatic carbocycles. The van der Waals surface area contributed by atoms with Crippen LogP contribution in [0, 0.1) is 11.2 Å². The molecule has 0 N–H and O–H groups in total. The first kappa shape index (κ1) is 14.1. The van der Waals surface area contributed by atoms with Crippen LogP contribution in [0.1, 0.15) is 27.7 Å². The van der Waals surface area contributed by atoms with Gasteiger partial charge in [0.15, 0.2) is 0 Å². The van der Waals surface area contributed by atoms with E-state index in [0.717, 1.165) is 0 Å². The third-order valence-electron chi connectivity index (χ3n) is 2.68. The molecule has 0 rings (SSSR count). The highest BCUT2D eigenvalue weighted by Gasteiger charge is 2.16. The molecular formula is C9H23BN2. The zero-order valence-electron chi connectivity index (χ0n) is 8.22. The van der Waals surface area contributed by atoms with Crippen molar-refractivity contribution in [3.05, 3.63) is 0 Å². The molecule has 0 aliphatic heterocycles. The smallest absolute Gasteiger partial charge is 0.0757 e. The van der Waals surface area contributed by atoms with E-state index in [1.807, 2.05) is 5.97 Å².